The number of amides is 1. The molecule has 4 heteroatoms. The first-order valence-corrected chi connectivity index (χ1v) is 6.38. The van der Waals surface area contributed by atoms with E-state index in [0.717, 1.165) is 39.0 Å². The van der Waals surface area contributed by atoms with Gasteiger partial charge in [0, 0.05) is 31.7 Å². The zero-order valence-corrected chi connectivity index (χ0v) is 10.4. The van der Waals surface area contributed by atoms with Gasteiger partial charge >= 0.3 is 0 Å². The van der Waals surface area contributed by atoms with Crippen molar-refractivity contribution in [2.24, 2.45) is 0 Å². The van der Waals surface area contributed by atoms with Crippen LogP contribution < -0.4 is 10.6 Å². The second-order valence-electron chi connectivity index (χ2n) is 5.37. The first-order chi connectivity index (χ1) is 7.61. The van der Waals surface area contributed by atoms with Crippen LogP contribution in [0.1, 0.15) is 33.1 Å². The van der Waals surface area contributed by atoms with Gasteiger partial charge in [-0.1, -0.05) is 0 Å². The molecule has 0 aromatic carbocycles. The molecule has 1 saturated carbocycles. The summed E-state index contributed by atoms with van der Waals surface area (Å²) in [6, 6.07) is 0.0134. The molecule has 0 spiro atoms. The molecule has 0 bridgehead atoms. The Kier molecular flexibility index (Phi) is 3.50. The lowest BCUT2D eigenvalue weighted by Gasteiger charge is -2.41. The van der Waals surface area contributed by atoms with Crippen LogP contribution >= 0.6 is 0 Å². The van der Waals surface area contributed by atoms with E-state index in [1.54, 1.807) is 0 Å². The highest BCUT2D eigenvalue weighted by atomic mass is 16.2. The van der Waals surface area contributed by atoms with Crippen molar-refractivity contribution < 1.29 is 4.79 Å². The van der Waals surface area contributed by atoms with Crippen LogP contribution in [0.4, 0.5) is 0 Å². The van der Waals surface area contributed by atoms with Crippen LogP contribution in [0, 0.1) is 0 Å². The van der Waals surface area contributed by atoms with Crippen molar-refractivity contribution in [1.82, 2.24) is 15.5 Å². The maximum Gasteiger partial charge on any atom is 0.237 e. The summed E-state index contributed by atoms with van der Waals surface area (Å²) < 4.78 is 0. The Morgan fingerprint density at radius 3 is 2.50 bits per heavy atom. The molecule has 92 valence electrons. The molecule has 1 saturated heterocycles. The number of nitrogens with one attached hydrogen (secondary N) is 2. The van der Waals surface area contributed by atoms with E-state index in [1.807, 2.05) is 6.92 Å². The summed E-state index contributed by atoms with van der Waals surface area (Å²) in [7, 11) is 0. The first-order valence-electron chi connectivity index (χ1n) is 6.38. The third kappa shape index (κ3) is 2.55. The van der Waals surface area contributed by atoms with E-state index >= 15 is 0 Å². The normalized spacial score (nSPS) is 26.9. The highest BCUT2D eigenvalue weighted by molar-refractivity contribution is 5.82. The number of carbonyl (C=O) groups is 1. The maximum absolute atomic E-state index is 12.1. The molecule has 1 heterocycles. The van der Waals surface area contributed by atoms with E-state index in [-0.39, 0.29) is 17.5 Å². The number of rotatable bonds is 3. The SMILES string of the molecule is CC(C(=O)NC1(C)CCC1)N1CCNCC1. The van der Waals surface area contributed by atoms with Crippen LogP contribution in [0.5, 0.6) is 0 Å². The molecule has 0 radical (unpaired) electrons. The van der Waals surface area contributed by atoms with Crippen molar-refractivity contribution in [1.29, 1.82) is 0 Å². The lowest BCUT2D eigenvalue weighted by molar-refractivity contribution is -0.128. The Bertz CT molecular complexity index is 257. The Labute approximate surface area is 97.8 Å². The molecular weight excluding hydrogens is 202 g/mol. The van der Waals surface area contributed by atoms with E-state index in [0.29, 0.717) is 0 Å². The maximum atomic E-state index is 12.1. The van der Waals surface area contributed by atoms with Gasteiger partial charge in [-0.3, -0.25) is 9.69 Å². The first kappa shape index (κ1) is 11.9. The predicted molar refractivity (Wildman–Crippen MR) is 64.3 cm³/mol. The van der Waals surface area contributed by atoms with Gasteiger partial charge in [0.15, 0.2) is 0 Å². The van der Waals surface area contributed by atoms with Gasteiger partial charge in [-0.25, -0.2) is 0 Å². The molecule has 1 aliphatic carbocycles. The van der Waals surface area contributed by atoms with Gasteiger partial charge in [0.05, 0.1) is 6.04 Å². The summed E-state index contributed by atoms with van der Waals surface area (Å²) in [5.74, 6) is 0.198. The van der Waals surface area contributed by atoms with E-state index < -0.39 is 0 Å². The van der Waals surface area contributed by atoms with E-state index in [2.05, 4.69) is 22.5 Å². The molecular formula is C12H23N3O. The topological polar surface area (TPSA) is 44.4 Å². The van der Waals surface area contributed by atoms with E-state index in [4.69, 9.17) is 0 Å². The molecule has 1 amide bonds. The molecule has 2 rings (SSSR count). The van der Waals surface area contributed by atoms with Crippen molar-refractivity contribution in [3.05, 3.63) is 0 Å². The minimum atomic E-state index is 0.0134. The van der Waals surface area contributed by atoms with Gasteiger partial charge in [-0.15, -0.1) is 0 Å². The van der Waals surface area contributed by atoms with Gasteiger partial charge in [0.1, 0.15) is 0 Å². The fraction of sp³-hybridized carbons (Fsp3) is 0.917. The second-order valence-corrected chi connectivity index (χ2v) is 5.37. The molecule has 1 aliphatic heterocycles. The van der Waals surface area contributed by atoms with Crippen molar-refractivity contribution in [2.45, 2.75) is 44.7 Å². The third-order valence-corrected chi connectivity index (χ3v) is 3.96. The highest BCUT2D eigenvalue weighted by Crippen LogP contribution is 2.31. The van der Waals surface area contributed by atoms with Crippen LogP contribution in [0.2, 0.25) is 0 Å². The largest absolute Gasteiger partial charge is 0.350 e. The Morgan fingerprint density at radius 1 is 1.38 bits per heavy atom. The lowest BCUT2D eigenvalue weighted by Crippen LogP contribution is -2.58. The fourth-order valence-corrected chi connectivity index (χ4v) is 2.47. The van der Waals surface area contributed by atoms with Crippen molar-refractivity contribution in [2.75, 3.05) is 26.2 Å². The van der Waals surface area contributed by atoms with Crippen molar-refractivity contribution >= 4 is 5.91 Å². The number of hydrogen-bond donors (Lipinski definition) is 2. The molecule has 0 aromatic rings. The van der Waals surface area contributed by atoms with Crippen LogP contribution in [-0.4, -0.2) is 48.6 Å². The third-order valence-electron chi connectivity index (χ3n) is 3.96. The molecule has 16 heavy (non-hydrogen) atoms. The standard InChI is InChI=1S/C12H23N3O/c1-10(15-8-6-13-7-9-15)11(16)14-12(2)4-3-5-12/h10,13H,3-9H2,1-2H3,(H,14,16). The Hall–Kier alpha value is -0.610. The smallest absolute Gasteiger partial charge is 0.237 e. The fourth-order valence-electron chi connectivity index (χ4n) is 2.47. The van der Waals surface area contributed by atoms with Crippen LogP contribution in [0.15, 0.2) is 0 Å². The van der Waals surface area contributed by atoms with Gasteiger partial charge < -0.3 is 10.6 Å². The van der Waals surface area contributed by atoms with Gasteiger partial charge in [0.2, 0.25) is 5.91 Å². The minimum Gasteiger partial charge on any atom is -0.350 e. The predicted octanol–water partition coefficient (Wildman–Crippen LogP) is 0.339. The molecule has 1 unspecified atom stereocenters. The van der Waals surface area contributed by atoms with Crippen LogP contribution in [0.25, 0.3) is 0 Å². The number of carbonyl (C=O) groups excluding carboxylic acids is 1. The van der Waals surface area contributed by atoms with Gasteiger partial charge in [0.25, 0.3) is 0 Å². The van der Waals surface area contributed by atoms with Crippen LogP contribution in [-0.2, 0) is 4.79 Å². The summed E-state index contributed by atoms with van der Waals surface area (Å²) >= 11 is 0. The minimum absolute atomic E-state index is 0.0134. The molecule has 2 N–H and O–H groups in total. The average molecular weight is 225 g/mol. The lowest BCUT2D eigenvalue weighted by atomic mass is 9.78. The van der Waals surface area contributed by atoms with Crippen molar-refractivity contribution in [3.63, 3.8) is 0 Å². The van der Waals surface area contributed by atoms with Gasteiger partial charge in [-0.2, -0.15) is 0 Å². The number of hydrogen-bond acceptors (Lipinski definition) is 3. The second kappa shape index (κ2) is 4.72. The average Bonchev–Trinajstić information content (AvgIpc) is 2.27. The molecule has 2 fully saturated rings. The Balaban J connectivity index is 1.83. The summed E-state index contributed by atoms with van der Waals surface area (Å²) in [4.78, 5) is 14.3. The molecule has 0 aromatic heterocycles. The Morgan fingerprint density at radius 2 is 2.00 bits per heavy atom. The summed E-state index contributed by atoms with van der Waals surface area (Å²) in [6.07, 6.45) is 3.51. The van der Waals surface area contributed by atoms with Crippen LogP contribution in [0.3, 0.4) is 0 Å². The zero-order chi connectivity index (χ0) is 11.6. The monoisotopic (exact) mass is 225 g/mol. The number of piperazine rings is 1. The van der Waals surface area contributed by atoms with Crippen molar-refractivity contribution in [3.8, 4) is 0 Å². The highest BCUT2D eigenvalue weighted by Gasteiger charge is 2.35. The molecule has 2 aliphatic rings. The molecule has 4 nitrogen and oxygen atoms in total. The molecule has 1 atom stereocenters. The summed E-state index contributed by atoms with van der Waals surface area (Å²) in [5, 5.41) is 6.49. The quantitative estimate of drug-likeness (QED) is 0.728. The summed E-state index contributed by atoms with van der Waals surface area (Å²) in [5.41, 5.74) is 0.0827. The number of nitrogens with zero attached hydrogens (tertiary/aromatic N) is 1. The van der Waals surface area contributed by atoms with Gasteiger partial charge in [-0.05, 0) is 33.1 Å². The van der Waals surface area contributed by atoms with E-state index in [1.165, 1.54) is 6.42 Å². The summed E-state index contributed by atoms with van der Waals surface area (Å²) in [6.45, 7) is 8.11. The zero-order valence-electron chi connectivity index (χ0n) is 10.4. The van der Waals surface area contributed by atoms with E-state index in [9.17, 15) is 4.79 Å².